The fourth-order valence-electron chi connectivity index (χ4n) is 4.50. The first-order valence-electron chi connectivity index (χ1n) is 9.06. The predicted molar refractivity (Wildman–Crippen MR) is 91.0 cm³/mol. The van der Waals surface area contributed by atoms with Gasteiger partial charge in [-0.2, -0.15) is 0 Å². The molecule has 24 heavy (non-hydrogen) atoms. The molecular weight excluding hydrogens is 304 g/mol. The standard InChI is InChI=1S/C19H26N2O3/c1-24-17-7-4-14(12-16(17)22)13-20-10-2-8-19(20)9-3-11-21(18(19)23)15-5-6-15/h4,7,12,15,22H,2-3,5-6,8-11,13H2,1H3. The highest BCUT2D eigenvalue weighted by Crippen LogP contribution is 2.42. The molecule has 2 aliphatic heterocycles. The third-order valence-electron chi connectivity index (χ3n) is 5.88. The smallest absolute Gasteiger partial charge is 0.243 e. The summed E-state index contributed by atoms with van der Waals surface area (Å²) in [7, 11) is 1.55. The van der Waals surface area contributed by atoms with Gasteiger partial charge in [-0.3, -0.25) is 9.69 Å². The summed E-state index contributed by atoms with van der Waals surface area (Å²) in [5, 5.41) is 10.0. The first kappa shape index (κ1) is 15.8. The summed E-state index contributed by atoms with van der Waals surface area (Å²) in [6.07, 6.45) is 6.47. The second-order valence-corrected chi connectivity index (χ2v) is 7.40. The summed E-state index contributed by atoms with van der Waals surface area (Å²) in [4.78, 5) is 17.7. The van der Waals surface area contributed by atoms with Crippen molar-refractivity contribution >= 4 is 5.91 Å². The maximum absolute atomic E-state index is 13.2. The van der Waals surface area contributed by atoms with E-state index in [4.69, 9.17) is 4.74 Å². The highest BCUT2D eigenvalue weighted by Gasteiger charge is 2.52. The lowest BCUT2D eigenvalue weighted by Crippen LogP contribution is -2.60. The third-order valence-corrected chi connectivity index (χ3v) is 5.88. The maximum atomic E-state index is 13.2. The molecule has 1 atom stereocenters. The molecule has 0 aromatic heterocycles. The van der Waals surface area contributed by atoms with Crippen LogP contribution in [0, 0.1) is 0 Å². The molecule has 0 bridgehead atoms. The van der Waals surface area contributed by atoms with Gasteiger partial charge in [0.2, 0.25) is 5.91 Å². The van der Waals surface area contributed by atoms with Crippen molar-refractivity contribution < 1.29 is 14.6 Å². The van der Waals surface area contributed by atoms with Crippen LogP contribution in [0.1, 0.15) is 44.1 Å². The fourth-order valence-corrected chi connectivity index (χ4v) is 4.50. The van der Waals surface area contributed by atoms with E-state index >= 15 is 0 Å². The first-order chi connectivity index (χ1) is 11.6. The number of piperidine rings is 1. The van der Waals surface area contributed by atoms with E-state index in [1.807, 2.05) is 6.07 Å². The van der Waals surface area contributed by atoms with Gasteiger partial charge in [0.05, 0.1) is 7.11 Å². The van der Waals surface area contributed by atoms with Crippen LogP contribution in [-0.4, -0.2) is 52.6 Å². The normalized spacial score (nSPS) is 27.9. The highest BCUT2D eigenvalue weighted by molar-refractivity contribution is 5.88. The van der Waals surface area contributed by atoms with Crippen LogP contribution in [0.4, 0.5) is 0 Å². The Bertz CT molecular complexity index is 643. The quantitative estimate of drug-likeness (QED) is 0.922. The largest absolute Gasteiger partial charge is 0.504 e. The minimum absolute atomic E-state index is 0.165. The van der Waals surface area contributed by atoms with E-state index in [1.54, 1.807) is 19.2 Å². The average molecular weight is 330 g/mol. The molecule has 1 unspecified atom stereocenters. The number of ether oxygens (including phenoxy) is 1. The Morgan fingerprint density at radius 2 is 2.00 bits per heavy atom. The number of phenols is 1. The van der Waals surface area contributed by atoms with Crippen molar-refractivity contribution in [3.63, 3.8) is 0 Å². The number of benzene rings is 1. The fraction of sp³-hybridized carbons (Fsp3) is 0.632. The molecule has 2 heterocycles. The molecule has 1 aromatic carbocycles. The summed E-state index contributed by atoms with van der Waals surface area (Å²) in [5.74, 6) is 1.01. The van der Waals surface area contributed by atoms with Crippen LogP contribution in [0.15, 0.2) is 18.2 Å². The third kappa shape index (κ3) is 2.55. The molecule has 1 aromatic rings. The van der Waals surface area contributed by atoms with E-state index in [2.05, 4.69) is 9.80 Å². The number of rotatable bonds is 4. The van der Waals surface area contributed by atoms with Crippen LogP contribution >= 0.6 is 0 Å². The minimum Gasteiger partial charge on any atom is -0.504 e. The molecule has 1 spiro atoms. The van der Waals surface area contributed by atoms with Crippen LogP contribution < -0.4 is 4.74 Å². The molecule has 2 saturated heterocycles. The van der Waals surface area contributed by atoms with Gasteiger partial charge in [-0.1, -0.05) is 6.07 Å². The molecule has 1 aliphatic carbocycles. The van der Waals surface area contributed by atoms with Gasteiger partial charge in [0.1, 0.15) is 5.54 Å². The molecule has 5 nitrogen and oxygen atoms in total. The number of phenolic OH excluding ortho intramolecular Hbond substituents is 1. The summed E-state index contributed by atoms with van der Waals surface area (Å²) in [6.45, 7) is 2.60. The van der Waals surface area contributed by atoms with Gasteiger partial charge < -0.3 is 14.7 Å². The zero-order valence-corrected chi connectivity index (χ0v) is 14.3. The summed E-state index contributed by atoms with van der Waals surface area (Å²) < 4.78 is 5.12. The number of hydrogen-bond donors (Lipinski definition) is 1. The van der Waals surface area contributed by atoms with Gasteiger partial charge in [-0.15, -0.1) is 0 Å². The zero-order chi connectivity index (χ0) is 16.7. The molecular formula is C19H26N2O3. The predicted octanol–water partition coefficient (Wildman–Crippen LogP) is 2.52. The van der Waals surface area contributed by atoms with E-state index in [0.29, 0.717) is 24.2 Å². The van der Waals surface area contributed by atoms with Crippen molar-refractivity contribution in [2.24, 2.45) is 0 Å². The van der Waals surface area contributed by atoms with Crippen LogP contribution in [0.2, 0.25) is 0 Å². The SMILES string of the molecule is COc1ccc(CN2CCCC23CCCN(C2CC2)C3=O)cc1O. The Morgan fingerprint density at radius 3 is 2.67 bits per heavy atom. The van der Waals surface area contributed by atoms with Gasteiger partial charge >= 0.3 is 0 Å². The molecule has 1 amide bonds. The number of methoxy groups -OCH3 is 1. The topological polar surface area (TPSA) is 53.0 Å². The van der Waals surface area contributed by atoms with Crippen molar-refractivity contribution in [2.45, 2.75) is 56.7 Å². The lowest BCUT2D eigenvalue weighted by molar-refractivity contribution is -0.148. The number of likely N-dealkylation sites (tertiary alicyclic amines) is 2. The Labute approximate surface area is 143 Å². The second-order valence-electron chi connectivity index (χ2n) is 7.40. The van der Waals surface area contributed by atoms with Crippen molar-refractivity contribution in [1.29, 1.82) is 0 Å². The number of carbonyl (C=O) groups is 1. The van der Waals surface area contributed by atoms with Gasteiger partial charge in [-0.05, 0) is 62.8 Å². The highest BCUT2D eigenvalue weighted by atomic mass is 16.5. The van der Waals surface area contributed by atoms with Crippen molar-refractivity contribution in [2.75, 3.05) is 20.2 Å². The van der Waals surface area contributed by atoms with E-state index in [-0.39, 0.29) is 11.3 Å². The zero-order valence-electron chi connectivity index (χ0n) is 14.3. The number of carbonyl (C=O) groups excluding carboxylic acids is 1. The average Bonchev–Trinajstić information content (AvgIpc) is 3.34. The van der Waals surface area contributed by atoms with Crippen molar-refractivity contribution in [3.05, 3.63) is 23.8 Å². The van der Waals surface area contributed by atoms with Crippen LogP contribution in [-0.2, 0) is 11.3 Å². The lowest BCUT2D eigenvalue weighted by atomic mass is 9.85. The molecule has 5 heteroatoms. The molecule has 0 radical (unpaired) electrons. The lowest BCUT2D eigenvalue weighted by Gasteiger charge is -2.45. The summed E-state index contributed by atoms with van der Waals surface area (Å²) in [5.41, 5.74) is 0.724. The van der Waals surface area contributed by atoms with Gasteiger partial charge in [0, 0.05) is 19.1 Å². The Balaban J connectivity index is 1.56. The Hall–Kier alpha value is -1.75. The summed E-state index contributed by atoms with van der Waals surface area (Å²) in [6, 6.07) is 6.04. The van der Waals surface area contributed by atoms with Crippen LogP contribution in [0.3, 0.4) is 0 Å². The van der Waals surface area contributed by atoms with E-state index < -0.39 is 0 Å². The minimum atomic E-state index is -0.309. The first-order valence-corrected chi connectivity index (χ1v) is 9.06. The number of aromatic hydroxyl groups is 1. The van der Waals surface area contributed by atoms with Crippen LogP contribution in [0.25, 0.3) is 0 Å². The molecule has 4 rings (SSSR count). The number of nitrogens with zero attached hydrogens (tertiary/aromatic N) is 2. The van der Waals surface area contributed by atoms with Gasteiger partial charge in [0.15, 0.2) is 11.5 Å². The Morgan fingerprint density at radius 1 is 1.25 bits per heavy atom. The van der Waals surface area contributed by atoms with Crippen molar-refractivity contribution in [1.82, 2.24) is 9.80 Å². The second kappa shape index (κ2) is 5.96. The molecule has 3 fully saturated rings. The summed E-state index contributed by atoms with van der Waals surface area (Å²) >= 11 is 0. The van der Waals surface area contributed by atoms with Gasteiger partial charge in [-0.25, -0.2) is 0 Å². The Kier molecular flexibility index (Phi) is 3.91. The van der Waals surface area contributed by atoms with E-state index in [1.165, 1.54) is 12.8 Å². The van der Waals surface area contributed by atoms with Crippen LogP contribution in [0.5, 0.6) is 11.5 Å². The molecule has 3 aliphatic rings. The number of amides is 1. The molecule has 1 N–H and O–H groups in total. The van der Waals surface area contributed by atoms with E-state index in [9.17, 15) is 9.90 Å². The molecule has 130 valence electrons. The maximum Gasteiger partial charge on any atom is 0.243 e. The van der Waals surface area contributed by atoms with Gasteiger partial charge in [0.25, 0.3) is 0 Å². The monoisotopic (exact) mass is 330 g/mol. The van der Waals surface area contributed by atoms with E-state index in [0.717, 1.165) is 44.3 Å². The molecule has 1 saturated carbocycles. The van der Waals surface area contributed by atoms with Crippen molar-refractivity contribution in [3.8, 4) is 11.5 Å². The number of hydrogen-bond acceptors (Lipinski definition) is 4.